The first-order valence-electron chi connectivity index (χ1n) is 13.4. The Kier molecular flexibility index (Phi) is 8.37. The summed E-state index contributed by atoms with van der Waals surface area (Å²) in [5.74, 6) is -0.950. The number of hydrogen-bond acceptors (Lipinski definition) is 11. The van der Waals surface area contributed by atoms with E-state index in [9.17, 15) is 27.9 Å². The molecule has 2 atom stereocenters. The molecule has 0 saturated carbocycles. The summed E-state index contributed by atoms with van der Waals surface area (Å²) >= 11 is 0. The normalized spacial score (nSPS) is 18.6. The zero-order valence-electron chi connectivity index (χ0n) is 23.1. The van der Waals surface area contributed by atoms with Gasteiger partial charge in [-0.1, -0.05) is 19.0 Å². The molecule has 1 N–H and O–H groups in total. The summed E-state index contributed by atoms with van der Waals surface area (Å²) in [6.45, 7) is 3.31. The van der Waals surface area contributed by atoms with Crippen molar-refractivity contribution in [3.8, 4) is 22.9 Å². The second kappa shape index (κ2) is 12.0. The highest BCUT2D eigenvalue weighted by Crippen LogP contribution is 2.37. The SMILES string of the molecule is CCc1cc(Oc2nccn3c(-c4conc4C(F)(F)F)cnc23)ccc1C(=O)OCCOC(=O)[C@@H]1C[C@@](O)(CC)CO1. The number of aromatic nitrogens is 4. The summed E-state index contributed by atoms with van der Waals surface area (Å²) in [4.78, 5) is 33.2. The molecule has 43 heavy (non-hydrogen) atoms. The van der Waals surface area contributed by atoms with Gasteiger partial charge in [0, 0.05) is 18.8 Å². The molecule has 1 aliphatic rings. The molecule has 0 radical (unpaired) electrons. The van der Waals surface area contributed by atoms with Crippen LogP contribution in [-0.2, 0) is 31.6 Å². The van der Waals surface area contributed by atoms with Gasteiger partial charge in [-0.3, -0.25) is 4.40 Å². The second-order valence-electron chi connectivity index (χ2n) is 9.80. The van der Waals surface area contributed by atoms with Gasteiger partial charge in [-0.25, -0.2) is 19.6 Å². The molecule has 1 saturated heterocycles. The van der Waals surface area contributed by atoms with Crippen molar-refractivity contribution < 1.29 is 51.3 Å². The summed E-state index contributed by atoms with van der Waals surface area (Å²) in [7, 11) is 0. The van der Waals surface area contributed by atoms with Crippen molar-refractivity contribution in [2.45, 2.75) is 51.0 Å². The lowest BCUT2D eigenvalue weighted by Gasteiger charge is -2.17. The first-order chi connectivity index (χ1) is 20.5. The minimum Gasteiger partial charge on any atom is -0.460 e. The predicted molar refractivity (Wildman–Crippen MR) is 140 cm³/mol. The number of benzene rings is 1. The van der Waals surface area contributed by atoms with Crippen LogP contribution >= 0.6 is 0 Å². The lowest BCUT2D eigenvalue weighted by molar-refractivity contribution is -0.155. The number of ether oxygens (including phenoxy) is 4. The van der Waals surface area contributed by atoms with Crippen LogP contribution in [0.1, 0.15) is 48.3 Å². The van der Waals surface area contributed by atoms with Crippen molar-refractivity contribution in [2.24, 2.45) is 0 Å². The van der Waals surface area contributed by atoms with Crippen LogP contribution in [-0.4, -0.2) is 68.1 Å². The number of halogens is 3. The van der Waals surface area contributed by atoms with E-state index in [0.29, 0.717) is 24.2 Å². The van der Waals surface area contributed by atoms with E-state index >= 15 is 0 Å². The first-order valence-corrected chi connectivity index (χ1v) is 13.4. The van der Waals surface area contributed by atoms with Gasteiger partial charge in [-0.15, -0.1) is 0 Å². The molecule has 228 valence electrons. The maximum atomic E-state index is 13.4. The molecule has 0 amide bonds. The van der Waals surface area contributed by atoms with E-state index in [-0.39, 0.29) is 54.6 Å². The third-order valence-corrected chi connectivity index (χ3v) is 7.00. The predicted octanol–water partition coefficient (Wildman–Crippen LogP) is 4.39. The summed E-state index contributed by atoms with van der Waals surface area (Å²) in [6, 6.07) is 4.63. The Morgan fingerprint density at radius 1 is 1.19 bits per heavy atom. The molecule has 3 aromatic heterocycles. The molecule has 4 heterocycles. The summed E-state index contributed by atoms with van der Waals surface area (Å²) < 4.78 is 67.6. The van der Waals surface area contributed by atoms with Gasteiger partial charge in [-0.05, 0) is 36.6 Å². The van der Waals surface area contributed by atoms with Gasteiger partial charge >= 0.3 is 18.1 Å². The minimum atomic E-state index is -4.73. The Balaban J connectivity index is 1.23. The van der Waals surface area contributed by atoms with Gasteiger partial charge in [0.15, 0.2) is 11.8 Å². The molecule has 0 aliphatic carbocycles. The van der Waals surface area contributed by atoms with Crippen molar-refractivity contribution in [3.63, 3.8) is 0 Å². The monoisotopic (exact) mass is 604 g/mol. The van der Waals surface area contributed by atoms with Crippen LogP contribution in [0.5, 0.6) is 11.6 Å². The fraction of sp³-hybridized carbons (Fsp3) is 0.393. The number of nitrogens with zero attached hydrogens (tertiary/aromatic N) is 4. The molecule has 0 bridgehead atoms. The summed E-state index contributed by atoms with van der Waals surface area (Å²) in [5.41, 5.74) is -1.45. The third-order valence-electron chi connectivity index (χ3n) is 7.00. The number of aryl methyl sites for hydroxylation is 1. The van der Waals surface area contributed by atoms with Crippen molar-refractivity contribution in [2.75, 3.05) is 19.8 Å². The average molecular weight is 605 g/mol. The molecule has 1 aromatic carbocycles. The Hall–Kier alpha value is -4.50. The van der Waals surface area contributed by atoms with E-state index in [1.54, 1.807) is 13.0 Å². The van der Waals surface area contributed by atoms with E-state index in [1.807, 2.05) is 6.92 Å². The van der Waals surface area contributed by atoms with Crippen molar-refractivity contribution in [3.05, 3.63) is 59.9 Å². The maximum Gasteiger partial charge on any atom is 0.437 e. The van der Waals surface area contributed by atoms with Gasteiger partial charge < -0.3 is 28.6 Å². The van der Waals surface area contributed by atoms with E-state index in [4.69, 9.17) is 18.9 Å². The minimum absolute atomic E-state index is 0.0153. The van der Waals surface area contributed by atoms with E-state index in [0.717, 1.165) is 6.26 Å². The number of carbonyl (C=O) groups is 2. The van der Waals surface area contributed by atoms with Crippen molar-refractivity contribution in [1.82, 2.24) is 19.5 Å². The molecule has 5 rings (SSSR count). The highest BCUT2D eigenvalue weighted by atomic mass is 19.4. The Bertz CT molecular complexity index is 1640. The molecule has 15 heteroatoms. The molecule has 4 aromatic rings. The van der Waals surface area contributed by atoms with Gasteiger partial charge in [0.05, 0.1) is 35.2 Å². The summed E-state index contributed by atoms with van der Waals surface area (Å²) in [5, 5.41) is 13.3. The lowest BCUT2D eigenvalue weighted by atomic mass is 9.97. The lowest BCUT2D eigenvalue weighted by Crippen LogP contribution is -2.30. The largest absolute Gasteiger partial charge is 0.460 e. The molecule has 1 aliphatic heterocycles. The van der Waals surface area contributed by atoms with Crippen molar-refractivity contribution >= 4 is 17.6 Å². The topological polar surface area (TPSA) is 148 Å². The van der Waals surface area contributed by atoms with Gasteiger partial charge in [0.2, 0.25) is 5.65 Å². The first kappa shape index (κ1) is 30.0. The zero-order chi connectivity index (χ0) is 30.8. The van der Waals surface area contributed by atoms with E-state index < -0.39 is 35.5 Å². The number of alkyl halides is 3. The number of hydrogen-bond donors (Lipinski definition) is 1. The number of rotatable bonds is 10. The van der Waals surface area contributed by atoms with Crippen LogP contribution in [0.15, 0.2) is 47.6 Å². The van der Waals surface area contributed by atoms with Crippen LogP contribution in [0.4, 0.5) is 13.2 Å². The van der Waals surface area contributed by atoms with Crippen LogP contribution in [0, 0.1) is 0 Å². The number of carbonyl (C=O) groups excluding carboxylic acids is 2. The van der Waals surface area contributed by atoms with Gasteiger partial charge in [0.25, 0.3) is 5.88 Å². The highest BCUT2D eigenvalue weighted by Gasteiger charge is 2.41. The van der Waals surface area contributed by atoms with Crippen LogP contribution in [0.2, 0.25) is 0 Å². The number of imidazole rings is 1. The summed E-state index contributed by atoms with van der Waals surface area (Å²) in [6.07, 6.45) is 0.324. The quantitative estimate of drug-likeness (QED) is 0.203. The average Bonchev–Trinajstić information content (AvgIpc) is 3.74. The number of aliphatic hydroxyl groups is 1. The third kappa shape index (κ3) is 6.32. The Morgan fingerprint density at radius 2 is 1.98 bits per heavy atom. The smallest absolute Gasteiger partial charge is 0.437 e. The van der Waals surface area contributed by atoms with E-state index in [1.165, 1.54) is 35.1 Å². The van der Waals surface area contributed by atoms with Crippen LogP contribution in [0.25, 0.3) is 16.9 Å². The van der Waals surface area contributed by atoms with Gasteiger partial charge in [-0.2, -0.15) is 13.2 Å². The number of fused-ring (bicyclic) bond motifs is 1. The molecule has 12 nitrogen and oxygen atoms in total. The van der Waals surface area contributed by atoms with E-state index in [2.05, 4.69) is 19.6 Å². The standard InChI is InChI=1S/C28H27F3N4O8/c1-3-16-11-17(5-6-18(16)25(36)39-9-10-40-26(37)21-12-27(38,4-2)15-41-21)43-24-23-33-13-20(35(23)8-7-32-24)19-14-42-34-22(19)28(29,30)31/h5-8,11,13-14,21,38H,3-4,9-10,12,15H2,1-2H3/t21-,27-/m0/s1. The fourth-order valence-electron chi connectivity index (χ4n) is 4.59. The zero-order valence-corrected chi connectivity index (χ0v) is 23.1. The second-order valence-corrected chi connectivity index (χ2v) is 9.80. The Morgan fingerprint density at radius 3 is 2.70 bits per heavy atom. The van der Waals surface area contributed by atoms with Crippen LogP contribution in [0.3, 0.4) is 0 Å². The molecular weight excluding hydrogens is 577 g/mol. The molecule has 0 unspecified atom stereocenters. The molecular formula is C28H27F3N4O8. The highest BCUT2D eigenvalue weighted by molar-refractivity contribution is 5.91. The number of esters is 2. The maximum absolute atomic E-state index is 13.4. The van der Waals surface area contributed by atoms with Gasteiger partial charge in [0.1, 0.15) is 25.2 Å². The fourth-order valence-corrected chi connectivity index (χ4v) is 4.59. The Labute approximate surface area is 242 Å². The molecule has 1 fully saturated rings. The van der Waals surface area contributed by atoms with Crippen molar-refractivity contribution in [1.29, 1.82) is 0 Å². The van der Waals surface area contributed by atoms with Crippen LogP contribution < -0.4 is 4.74 Å². The molecule has 0 spiro atoms.